The van der Waals surface area contributed by atoms with E-state index in [1.807, 2.05) is 0 Å². The van der Waals surface area contributed by atoms with Crippen LogP contribution in [0.4, 0.5) is 0 Å². The number of aromatic carboxylic acids is 1. The Hall–Kier alpha value is -2.25. The first-order valence-corrected chi connectivity index (χ1v) is 4.57. The molecule has 8 nitrogen and oxygen atoms in total. The third-order valence-corrected chi connectivity index (χ3v) is 2.26. The topological polar surface area (TPSA) is 114 Å². The largest absolute Gasteiger partial charge is 0.476 e. The molecule has 2 rings (SSSR count). The number of piperidine rings is 1. The van der Waals surface area contributed by atoms with Crippen LogP contribution in [0.5, 0.6) is 0 Å². The molecule has 0 bridgehead atoms. The molecular weight excluding hydrogens is 216 g/mol. The first-order valence-electron chi connectivity index (χ1n) is 4.57. The van der Waals surface area contributed by atoms with Gasteiger partial charge >= 0.3 is 5.97 Å². The highest BCUT2D eigenvalue weighted by molar-refractivity contribution is 5.99. The lowest BCUT2D eigenvalue weighted by Gasteiger charge is -2.20. The number of rotatable bonds is 2. The van der Waals surface area contributed by atoms with Crippen LogP contribution in [0.15, 0.2) is 6.20 Å². The number of aromatic nitrogens is 3. The Morgan fingerprint density at radius 1 is 1.56 bits per heavy atom. The van der Waals surface area contributed by atoms with Gasteiger partial charge in [-0.2, -0.15) is 0 Å². The summed E-state index contributed by atoms with van der Waals surface area (Å²) in [5.41, 5.74) is -0.232. The monoisotopic (exact) mass is 224 g/mol. The smallest absolute Gasteiger partial charge is 0.358 e. The molecule has 0 radical (unpaired) electrons. The maximum Gasteiger partial charge on any atom is 0.358 e. The predicted octanol–water partition coefficient (Wildman–Crippen LogP) is -1.05. The SMILES string of the molecule is O=C1CCC(n2cc(C(=O)O)nn2)C(=O)N1. The predicted molar refractivity (Wildman–Crippen MR) is 48.4 cm³/mol. The van der Waals surface area contributed by atoms with Crippen LogP contribution in [-0.2, 0) is 9.59 Å². The first kappa shape index (κ1) is 10.3. The molecule has 0 aliphatic carbocycles. The summed E-state index contributed by atoms with van der Waals surface area (Å²) < 4.78 is 1.16. The molecule has 2 N–H and O–H groups in total. The molecule has 16 heavy (non-hydrogen) atoms. The Morgan fingerprint density at radius 3 is 2.88 bits per heavy atom. The fraction of sp³-hybridized carbons (Fsp3) is 0.375. The van der Waals surface area contributed by atoms with Gasteiger partial charge in [0.2, 0.25) is 5.91 Å². The number of nitrogens with zero attached hydrogens (tertiary/aromatic N) is 3. The van der Waals surface area contributed by atoms with E-state index in [9.17, 15) is 14.4 Å². The van der Waals surface area contributed by atoms with E-state index < -0.39 is 17.9 Å². The van der Waals surface area contributed by atoms with Crippen LogP contribution >= 0.6 is 0 Å². The molecule has 1 aromatic heterocycles. The number of carboxylic acid groups (broad SMARTS) is 1. The van der Waals surface area contributed by atoms with Crippen molar-refractivity contribution in [2.75, 3.05) is 0 Å². The number of hydrogen-bond donors (Lipinski definition) is 2. The van der Waals surface area contributed by atoms with E-state index in [4.69, 9.17) is 5.11 Å². The summed E-state index contributed by atoms with van der Waals surface area (Å²) >= 11 is 0. The lowest BCUT2D eigenvalue weighted by Crippen LogP contribution is -2.41. The van der Waals surface area contributed by atoms with Gasteiger partial charge in [0, 0.05) is 6.42 Å². The first-order chi connectivity index (χ1) is 7.58. The van der Waals surface area contributed by atoms with Crippen LogP contribution in [0, 0.1) is 0 Å². The number of hydrogen-bond acceptors (Lipinski definition) is 5. The number of carbonyl (C=O) groups excluding carboxylic acids is 2. The Bertz CT molecular complexity index is 466. The van der Waals surface area contributed by atoms with Crippen molar-refractivity contribution in [3.63, 3.8) is 0 Å². The number of carbonyl (C=O) groups is 3. The van der Waals surface area contributed by atoms with E-state index in [2.05, 4.69) is 15.6 Å². The van der Waals surface area contributed by atoms with E-state index in [-0.39, 0.29) is 18.0 Å². The number of amides is 2. The van der Waals surface area contributed by atoms with Crippen LogP contribution in [0.25, 0.3) is 0 Å². The maximum absolute atomic E-state index is 11.4. The van der Waals surface area contributed by atoms with Gasteiger partial charge in [-0.05, 0) is 6.42 Å². The molecule has 1 saturated heterocycles. The van der Waals surface area contributed by atoms with Crippen LogP contribution in [0.3, 0.4) is 0 Å². The summed E-state index contributed by atoms with van der Waals surface area (Å²) in [4.78, 5) is 32.9. The fourth-order valence-electron chi connectivity index (χ4n) is 1.46. The fourth-order valence-corrected chi connectivity index (χ4v) is 1.46. The summed E-state index contributed by atoms with van der Waals surface area (Å²) in [6.45, 7) is 0. The highest BCUT2D eigenvalue weighted by atomic mass is 16.4. The van der Waals surface area contributed by atoms with Crippen LogP contribution in [0.2, 0.25) is 0 Å². The standard InChI is InChI=1S/C8H8N4O4/c13-6-2-1-5(7(14)9-6)12-3-4(8(15)16)10-11-12/h3,5H,1-2H2,(H,15,16)(H,9,13,14). The van der Waals surface area contributed by atoms with Crippen molar-refractivity contribution in [1.82, 2.24) is 20.3 Å². The second-order valence-corrected chi connectivity index (χ2v) is 3.36. The Labute approximate surface area is 89.2 Å². The van der Waals surface area contributed by atoms with Gasteiger partial charge < -0.3 is 5.11 Å². The molecule has 1 aliphatic heterocycles. The second kappa shape index (κ2) is 3.72. The number of carboxylic acids is 1. The quantitative estimate of drug-likeness (QED) is 0.620. The van der Waals surface area contributed by atoms with Crippen molar-refractivity contribution in [3.8, 4) is 0 Å². The van der Waals surface area contributed by atoms with Crippen molar-refractivity contribution in [2.24, 2.45) is 0 Å². The molecule has 2 amide bonds. The van der Waals surface area contributed by atoms with Gasteiger partial charge in [-0.25, -0.2) is 9.48 Å². The molecule has 1 unspecified atom stereocenters. The summed E-state index contributed by atoms with van der Waals surface area (Å²) in [5.74, 6) is -2.03. The zero-order valence-corrected chi connectivity index (χ0v) is 8.08. The summed E-state index contributed by atoms with van der Waals surface area (Å²) in [5, 5.41) is 17.7. The molecule has 8 heteroatoms. The average Bonchev–Trinajstić information content (AvgIpc) is 2.66. The molecule has 2 heterocycles. The molecule has 0 saturated carbocycles. The highest BCUT2D eigenvalue weighted by Crippen LogP contribution is 2.17. The van der Waals surface area contributed by atoms with Gasteiger partial charge in [0.05, 0.1) is 6.20 Å². The molecule has 1 fully saturated rings. The minimum Gasteiger partial charge on any atom is -0.476 e. The molecule has 1 aromatic rings. The van der Waals surface area contributed by atoms with E-state index >= 15 is 0 Å². The van der Waals surface area contributed by atoms with E-state index in [0.29, 0.717) is 6.42 Å². The van der Waals surface area contributed by atoms with Crippen LogP contribution < -0.4 is 5.32 Å². The van der Waals surface area contributed by atoms with Crippen molar-refractivity contribution < 1.29 is 19.5 Å². The number of nitrogens with one attached hydrogen (secondary N) is 1. The van der Waals surface area contributed by atoms with E-state index in [1.54, 1.807) is 0 Å². The zero-order chi connectivity index (χ0) is 11.7. The van der Waals surface area contributed by atoms with Crippen molar-refractivity contribution >= 4 is 17.8 Å². The van der Waals surface area contributed by atoms with E-state index in [0.717, 1.165) is 4.68 Å². The van der Waals surface area contributed by atoms with Gasteiger partial charge in [-0.15, -0.1) is 5.10 Å². The maximum atomic E-state index is 11.4. The molecule has 1 aliphatic rings. The minimum absolute atomic E-state index is 0.207. The molecule has 84 valence electrons. The van der Waals surface area contributed by atoms with Crippen molar-refractivity contribution in [3.05, 3.63) is 11.9 Å². The van der Waals surface area contributed by atoms with Crippen molar-refractivity contribution in [1.29, 1.82) is 0 Å². The average molecular weight is 224 g/mol. The highest BCUT2D eigenvalue weighted by Gasteiger charge is 2.29. The van der Waals surface area contributed by atoms with E-state index in [1.165, 1.54) is 6.20 Å². The van der Waals surface area contributed by atoms with Crippen molar-refractivity contribution in [2.45, 2.75) is 18.9 Å². The Morgan fingerprint density at radius 2 is 2.31 bits per heavy atom. The van der Waals surface area contributed by atoms with Gasteiger partial charge in [0.1, 0.15) is 6.04 Å². The Balaban J connectivity index is 2.20. The summed E-state index contributed by atoms with van der Waals surface area (Å²) in [6.07, 6.45) is 1.67. The van der Waals surface area contributed by atoms with Gasteiger partial charge in [0.25, 0.3) is 5.91 Å². The second-order valence-electron chi connectivity index (χ2n) is 3.36. The Kier molecular flexibility index (Phi) is 2.39. The molecule has 0 spiro atoms. The zero-order valence-electron chi connectivity index (χ0n) is 8.08. The third kappa shape index (κ3) is 1.76. The van der Waals surface area contributed by atoms with Gasteiger partial charge in [0.15, 0.2) is 5.69 Å². The lowest BCUT2D eigenvalue weighted by molar-refractivity contribution is -0.136. The minimum atomic E-state index is -1.21. The normalized spacial score (nSPS) is 20.6. The van der Waals surface area contributed by atoms with Gasteiger partial charge in [-0.3, -0.25) is 14.9 Å². The lowest BCUT2D eigenvalue weighted by atomic mass is 10.1. The molecule has 1 atom stereocenters. The third-order valence-electron chi connectivity index (χ3n) is 2.26. The number of imide groups is 1. The molecule has 0 aromatic carbocycles. The van der Waals surface area contributed by atoms with Crippen LogP contribution in [0.1, 0.15) is 29.4 Å². The van der Waals surface area contributed by atoms with Crippen LogP contribution in [-0.4, -0.2) is 37.9 Å². The summed E-state index contributed by atoms with van der Waals surface area (Å²) in [7, 11) is 0. The van der Waals surface area contributed by atoms with Gasteiger partial charge in [-0.1, -0.05) is 5.21 Å². The molecular formula is C8H8N4O4. The summed E-state index contributed by atoms with van der Waals surface area (Å²) in [6, 6.07) is -0.668.